The van der Waals surface area contributed by atoms with Crippen molar-refractivity contribution in [2.75, 3.05) is 28.4 Å². The molecule has 0 saturated heterocycles. The van der Waals surface area contributed by atoms with Gasteiger partial charge in [0.15, 0.2) is 23.0 Å². The van der Waals surface area contributed by atoms with Gasteiger partial charge in [-0.25, -0.2) is 0 Å². The van der Waals surface area contributed by atoms with Gasteiger partial charge < -0.3 is 23.7 Å². The third kappa shape index (κ3) is 5.54. The molecule has 0 unspecified atom stereocenters. The Kier molecular flexibility index (Phi) is 7.75. The first kappa shape index (κ1) is 23.5. The van der Waals surface area contributed by atoms with Gasteiger partial charge in [0.05, 0.1) is 38.9 Å². The molecule has 0 heterocycles. The summed E-state index contributed by atoms with van der Waals surface area (Å²) in [6.45, 7) is 0.0353. The lowest BCUT2D eigenvalue weighted by molar-refractivity contribution is -0.385. The predicted octanol–water partition coefficient (Wildman–Crippen LogP) is 5.38. The minimum Gasteiger partial charge on any atom is -0.493 e. The number of nitrogens with zero attached hydrogens (tertiary/aromatic N) is 1. The Labute approximate surface area is 192 Å². The number of hydrogen-bond donors (Lipinski definition) is 0. The van der Waals surface area contributed by atoms with Crippen LogP contribution in [0.1, 0.15) is 16.7 Å². The second kappa shape index (κ2) is 10.9. The fourth-order valence-electron chi connectivity index (χ4n) is 3.27. The van der Waals surface area contributed by atoms with Crippen molar-refractivity contribution in [1.29, 1.82) is 0 Å². The van der Waals surface area contributed by atoms with E-state index in [1.807, 2.05) is 36.4 Å². The maximum atomic E-state index is 11.3. The van der Waals surface area contributed by atoms with Gasteiger partial charge in [0.25, 0.3) is 5.69 Å². The summed E-state index contributed by atoms with van der Waals surface area (Å²) < 4.78 is 27.4. The van der Waals surface area contributed by atoms with Gasteiger partial charge in [-0.3, -0.25) is 10.1 Å². The molecule has 3 rings (SSSR count). The topological polar surface area (TPSA) is 89.3 Å². The molecule has 33 heavy (non-hydrogen) atoms. The van der Waals surface area contributed by atoms with E-state index in [1.54, 1.807) is 52.7 Å². The Bertz CT molecular complexity index is 1130. The van der Waals surface area contributed by atoms with Crippen LogP contribution in [-0.2, 0) is 6.61 Å². The van der Waals surface area contributed by atoms with Gasteiger partial charge in [-0.15, -0.1) is 0 Å². The second-order valence-corrected chi connectivity index (χ2v) is 6.88. The van der Waals surface area contributed by atoms with Crippen LogP contribution in [0.3, 0.4) is 0 Å². The van der Waals surface area contributed by atoms with Crippen molar-refractivity contribution in [3.63, 3.8) is 0 Å². The average molecular weight is 451 g/mol. The number of nitro benzene ring substituents is 1. The smallest absolute Gasteiger partial charge is 0.276 e. The van der Waals surface area contributed by atoms with Crippen LogP contribution in [-0.4, -0.2) is 33.4 Å². The molecule has 0 radical (unpaired) electrons. The molecule has 0 aromatic heterocycles. The van der Waals surface area contributed by atoms with E-state index in [9.17, 15) is 10.1 Å². The maximum Gasteiger partial charge on any atom is 0.276 e. The number of ether oxygens (including phenoxy) is 5. The van der Waals surface area contributed by atoms with Gasteiger partial charge in [-0.2, -0.15) is 0 Å². The van der Waals surface area contributed by atoms with E-state index in [2.05, 4.69) is 0 Å². The van der Waals surface area contributed by atoms with Gasteiger partial charge in [0.2, 0.25) is 5.75 Å². The first-order chi connectivity index (χ1) is 16.0. The van der Waals surface area contributed by atoms with Crippen molar-refractivity contribution in [1.82, 2.24) is 0 Å². The lowest BCUT2D eigenvalue weighted by Gasteiger charge is -2.13. The molecule has 3 aromatic carbocycles. The first-order valence-electron chi connectivity index (χ1n) is 10.0. The summed E-state index contributed by atoms with van der Waals surface area (Å²) in [7, 11) is 6.22. The Balaban J connectivity index is 1.86. The second-order valence-electron chi connectivity index (χ2n) is 6.88. The Hall–Kier alpha value is -4.20. The minimum atomic E-state index is -0.424. The highest BCUT2D eigenvalue weighted by Crippen LogP contribution is 2.39. The Morgan fingerprint density at radius 3 is 1.97 bits per heavy atom. The molecule has 0 bridgehead atoms. The summed E-state index contributed by atoms with van der Waals surface area (Å²) in [5.74, 6) is 2.63. The molecular formula is C25H25NO7. The zero-order valence-corrected chi connectivity index (χ0v) is 18.9. The van der Waals surface area contributed by atoms with Crippen LogP contribution in [0.4, 0.5) is 5.69 Å². The standard InChI is InChI=1S/C25H25NO7/c1-29-21-12-11-17(9-10-18-14-23(30-2)25(32-4)24(15-18)31-3)13-22(21)33-16-19-7-5-6-8-20(19)26(27)28/h5-15H,16H2,1-4H3/b10-9-. The molecule has 8 heteroatoms. The fraction of sp³-hybridized carbons (Fsp3) is 0.200. The predicted molar refractivity (Wildman–Crippen MR) is 125 cm³/mol. The first-order valence-corrected chi connectivity index (χ1v) is 10.0. The number of rotatable bonds is 10. The van der Waals surface area contributed by atoms with E-state index >= 15 is 0 Å². The van der Waals surface area contributed by atoms with Crippen molar-refractivity contribution in [3.05, 3.63) is 81.4 Å². The molecule has 0 N–H and O–H groups in total. The molecule has 0 aliphatic heterocycles. The number of benzene rings is 3. The molecule has 0 fully saturated rings. The summed E-state index contributed by atoms with van der Waals surface area (Å²) >= 11 is 0. The van der Waals surface area contributed by atoms with E-state index < -0.39 is 4.92 Å². The number of methoxy groups -OCH3 is 4. The summed E-state index contributed by atoms with van der Waals surface area (Å²) in [4.78, 5) is 10.8. The van der Waals surface area contributed by atoms with Gasteiger partial charge in [0, 0.05) is 6.07 Å². The van der Waals surface area contributed by atoms with Crippen LogP contribution in [0.25, 0.3) is 12.2 Å². The molecule has 0 spiro atoms. The highest BCUT2D eigenvalue weighted by atomic mass is 16.6. The van der Waals surface area contributed by atoms with Gasteiger partial charge >= 0.3 is 0 Å². The molecule has 0 aliphatic carbocycles. The van der Waals surface area contributed by atoms with Crippen molar-refractivity contribution in [3.8, 4) is 28.7 Å². The summed E-state index contributed by atoms with van der Waals surface area (Å²) in [5, 5.41) is 11.3. The van der Waals surface area contributed by atoms with E-state index in [-0.39, 0.29) is 12.3 Å². The van der Waals surface area contributed by atoms with Crippen molar-refractivity contribution >= 4 is 17.8 Å². The monoisotopic (exact) mass is 451 g/mol. The average Bonchev–Trinajstić information content (AvgIpc) is 2.85. The van der Waals surface area contributed by atoms with E-state index in [0.717, 1.165) is 11.1 Å². The van der Waals surface area contributed by atoms with Crippen LogP contribution in [0.5, 0.6) is 28.7 Å². The SMILES string of the molecule is COc1ccc(/C=C\c2cc(OC)c(OC)c(OC)c2)cc1OCc1ccccc1[N+](=O)[O-]. The van der Waals surface area contributed by atoms with E-state index in [0.29, 0.717) is 34.3 Å². The largest absolute Gasteiger partial charge is 0.493 e. The normalized spacial score (nSPS) is 10.7. The minimum absolute atomic E-state index is 0.00918. The third-order valence-electron chi connectivity index (χ3n) is 4.91. The lowest BCUT2D eigenvalue weighted by atomic mass is 10.1. The molecule has 8 nitrogen and oxygen atoms in total. The number of hydrogen-bond acceptors (Lipinski definition) is 7. The quantitative estimate of drug-likeness (QED) is 0.232. The summed E-state index contributed by atoms with van der Waals surface area (Å²) in [6, 6.07) is 15.6. The molecule has 0 atom stereocenters. The van der Waals surface area contributed by atoms with Gasteiger partial charge in [-0.05, 0) is 41.5 Å². The van der Waals surface area contributed by atoms with Crippen LogP contribution in [0.2, 0.25) is 0 Å². The maximum absolute atomic E-state index is 11.3. The number of nitro groups is 1. The molecular weight excluding hydrogens is 426 g/mol. The zero-order valence-electron chi connectivity index (χ0n) is 18.9. The van der Waals surface area contributed by atoms with Crippen molar-refractivity contribution < 1.29 is 28.6 Å². The highest BCUT2D eigenvalue weighted by Gasteiger charge is 2.15. The highest BCUT2D eigenvalue weighted by molar-refractivity contribution is 5.73. The molecule has 0 amide bonds. The van der Waals surface area contributed by atoms with Crippen LogP contribution in [0, 0.1) is 10.1 Å². The molecule has 3 aromatic rings. The molecule has 0 saturated carbocycles. The lowest BCUT2D eigenvalue weighted by Crippen LogP contribution is -2.01. The Morgan fingerprint density at radius 2 is 1.36 bits per heavy atom. The summed E-state index contributed by atoms with van der Waals surface area (Å²) in [5.41, 5.74) is 2.18. The van der Waals surface area contributed by atoms with Crippen LogP contribution < -0.4 is 23.7 Å². The Morgan fingerprint density at radius 1 is 0.758 bits per heavy atom. The molecule has 0 aliphatic rings. The van der Waals surface area contributed by atoms with E-state index in [1.165, 1.54) is 6.07 Å². The van der Waals surface area contributed by atoms with Crippen molar-refractivity contribution in [2.45, 2.75) is 6.61 Å². The third-order valence-corrected chi connectivity index (χ3v) is 4.91. The van der Waals surface area contributed by atoms with Crippen LogP contribution in [0.15, 0.2) is 54.6 Å². The number of para-hydroxylation sites is 1. The van der Waals surface area contributed by atoms with Gasteiger partial charge in [-0.1, -0.05) is 30.4 Å². The van der Waals surface area contributed by atoms with Gasteiger partial charge in [0.1, 0.15) is 6.61 Å². The van der Waals surface area contributed by atoms with E-state index in [4.69, 9.17) is 23.7 Å². The molecule has 172 valence electrons. The fourth-order valence-corrected chi connectivity index (χ4v) is 3.27. The zero-order chi connectivity index (χ0) is 23.8. The van der Waals surface area contributed by atoms with Crippen LogP contribution >= 0.6 is 0 Å². The van der Waals surface area contributed by atoms with Crippen molar-refractivity contribution in [2.24, 2.45) is 0 Å². The summed E-state index contributed by atoms with van der Waals surface area (Å²) in [6.07, 6.45) is 3.80.